The second kappa shape index (κ2) is 8.93. The van der Waals surface area contributed by atoms with Crippen LogP contribution in [0.2, 0.25) is 10.0 Å². The predicted molar refractivity (Wildman–Crippen MR) is 90.5 cm³/mol. The number of halogens is 2. The van der Waals surface area contributed by atoms with E-state index < -0.39 is 0 Å². The Hall–Kier alpha value is -0.220. The first-order valence-corrected chi connectivity index (χ1v) is 8.78. The molecule has 1 rings (SSSR count). The molecule has 0 spiro atoms. The van der Waals surface area contributed by atoms with Crippen LogP contribution in [0, 0.1) is 0 Å². The summed E-state index contributed by atoms with van der Waals surface area (Å²) in [4.78, 5) is 14.4. The molecule has 0 aliphatic heterocycles. The lowest BCUT2D eigenvalue weighted by Crippen LogP contribution is -2.31. The molecule has 112 valence electrons. The van der Waals surface area contributed by atoms with E-state index in [0.717, 1.165) is 18.7 Å². The fourth-order valence-corrected chi connectivity index (χ4v) is 2.84. The van der Waals surface area contributed by atoms with Crippen LogP contribution in [0.4, 0.5) is 0 Å². The second-order valence-electron chi connectivity index (χ2n) is 4.89. The van der Waals surface area contributed by atoms with Crippen molar-refractivity contribution in [2.75, 3.05) is 25.6 Å². The van der Waals surface area contributed by atoms with E-state index in [2.05, 4.69) is 25.1 Å². The summed E-state index contributed by atoms with van der Waals surface area (Å²) in [6, 6.07) is 5.65. The Morgan fingerprint density at radius 3 is 2.75 bits per heavy atom. The summed E-state index contributed by atoms with van der Waals surface area (Å²) in [5.74, 6) is 1.18. The lowest BCUT2D eigenvalue weighted by molar-refractivity contribution is 0.0962. The number of nitrogens with zero attached hydrogens (tertiary/aromatic N) is 1. The molecule has 1 aromatic rings. The average molecular weight is 334 g/mol. The average Bonchev–Trinajstić information content (AvgIpc) is 2.44. The Kier molecular flexibility index (Phi) is 7.96. The summed E-state index contributed by atoms with van der Waals surface area (Å²) in [7, 11) is 2.05. The minimum Gasteiger partial charge on any atom is -0.303 e. The zero-order valence-electron chi connectivity index (χ0n) is 12.2. The lowest BCUT2D eigenvalue weighted by Gasteiger charge is -2.24. The van der Waals surface area contributed by atoms with Gasteiger partial charge in [-0.3, -0.25) is 4.79 Å². The Labute approximate surface area is 135 Å². The second-order valence-corrected chi connectivity index (χ2v) is 6.66. The highest BCUT2D eigenvalue weighted by Gasteiger charge is 2.15. The third kappa shape index (κ3) is 5.28. The van der Waals surface area contributed by atoms with E-state index in [0.29, 0.717) is 28.1 Å². The zero-order valence-corrected chi connectivity index (χ0v) is 14.5. The number of carbonyl (C=O) groups is 1. The summed E-state index contributed by atoms with van der Waals surface area (Å²) in [5, 5.41) is 0.788. The van der Waals surface area contributed by atoms with Crippen LogP contribution in [-0.4, -0.2) is 42.3 Å². The van der Waals surface area contributed by atoms with Gasteiger partial charge in [0, 0.05) is 24.6 Å². The van der Waals surface area contributed by atoms with Crippen LogP contribution in [0.3, 0.4) is 0 Å². The maximum absolute atomic E-state index is 12.2. The summed E-state index contributed by atoms with van der Waals surface area (Å²) in [6.45, 7) is 2.92. The predicted octanol–water partition coefficient (Wildman–Crippen LogP) is 4.64. The molecule has 2 nitrogen and oxygen atoms in total. The summed E-state index contributed by atoms with van der Waals surface area (Å²) in [6.07, 6.45) is 3.70. The number of thioether (sulfide) groups is 1. The van der Waals surface area contributed by atoms with Gasteiger partial charge in [-0.15, -0.1) is 0 Å². The van der Waals surface area contributed by atoms with Crippen LogP contribution in [0.25, 0.3) is 0 Å². The van der Waals surface area contributed by atoms with Crippen LogP contribution in [-0.2, 0) is 0 Å². The monoisotopic (exact) mass is 333 g/mol. The van der Waals surface area contributed by atoms with Gasteiger partial charge < -0.3 is 4.90 Å². The highest BCUT2D eigenvalue weighted by atomic mass is 35.5. The number of ketones is 1. The largest absolute Gasteiger partial charge is 0.303 e. The summed E-state index contributed by atoms with van der Waals surface area (Å²) < 4.78 is 0. The SMILES string of the molecule is CSCCC(C)N(C)CCC(=O)c1cccc(Cl)c1Cl. The smallest absolute Gasteiger partial charge is 0.165 e. The molecule has 0 aliphatic carbocycles. The minimum atomic E-state index is 0.0430. The minimum absolute atomic E-state index is 0.0430. The van der Waals surface area contributed by atoms with E-state index in [1.807, 2.05) is 11.8 Å². The van der Waals surface area contributed by atoms with Crippen molar-refractivity contribution in [2.45, 2.75) is 25.8 Å². The summed E-state index contributed by atoms with van der Waals surface area (Å²) in [5.41, 5.74) is 0.518. The number of hydrogen-bond donors (Lipinski definition) is 0. The molecule has 0 heterocycles. The normalized spacial score (nSPS) is 12.7. The van der Waals surface area contributed by atoms with Crippen molar-refractivity contribution >= 4 is 40.7 Å². The molecule has 1 unspecified atom stereocenters. The highest BCUT2D eigenvalue weighted by molar-refractivity contribution is 7.98. The van der Waals surface area contributed by atoms with Crippen molar-refractivity contribution in [2.24, 2.45) is 0 Å². The van der Waals surface area contributed by atoms with E-state index in [1.165, 1.54) is 0 Å². The van der Waals surface area contributed by atoms with E-state index >= 15 is 0 Å². The number of carbonyl (C=O) groups excluding carboxylic acids is 1. The molecular weight excluding hydrogens is 313 g/mol. The van der Waals surface area contributed by atoms with Gasteiger partial charge in [0.05, 0.1) is 10.0 Å². The van der Waals surface area contributed by atoms with Crippen LogP contribution < -0.4 is 0 Å². The van der Waals surface area contributed by atoms with Crippen LogP contribution in [0.15, 0.2) is 18.2 Å². The molecule has 5 heteroatoms. The van der Waals surface area contributed by atoms with Crippen LogP contribution in [0.1, 0.15) is 30.1 Å². The Balaban J connectivity index is 2.53. The number of Topliss-reactive ketones (excluding diaryl/α,β-unsaturated/α-hetero) is 1. The van der Waals surface area contributed by atoms with Crippen molar-refractivity contribution < 1.29 is 4.79 Å². The van der Waals surface area contributed by atoms with Gasteiger partial charge in [0.2, 0.25) is 0 Å². The first-order valence-electron chi connectivity index (χ1n) is 6.63. The molecule has 0 aromatic heterocycles. The molecule has 20 heavy (non-hydrogen) atoms. The lowest BCUT2D eigenvalue weighted by atomic mass is 10.1. The van der Waals surface area contributed by atoms with E-state index in [1.54, 1.807) is 18.2 Å². The van der Waals surface area contributed by atoms with E-state index in [9.17, 15) is 4.79 Å². The Morgan fingerprint density at radius 2 is 2.10 bits per heavy atom. The number of benzene rings is 1. The maximum atomic E-state index is 12.2. The molecule has 0 bridgehead atoms. The van der Waals surface area contributed by atoms with Gasteiger partial charge in [0.15, 0.2) is 5.78 Å². The fourth-order valence-electron chi connectivity index (χ4n) is 1.86. The molecule has 0 saturated heterocycles. The van der Waals surface area contributed by atoms with Gasteiger partial charge >= 0.3 is 0 Å². The van der Waals surface area contributed by atoms with E-state index in [-0.39, 0.29) is 5.78 Å². The van der Waals surface area contributed by atoms with Crippen LogP contribution >= 0.6 is 35.0 Å². The van der Waals surface area contributed by atoms with Crippen molar-refractivity contribution in [3.63, 3.8) is 0 Å². The quantitative estimate of drug-likeness (QED) is 0.646. The van der Waals surface area contributed by atoms with Crippen molar-refractivity contribution in [1.82, 2.24) is 4.90 Å². The zero-order chi connectivity index (χ0) is 15.1. The van der Waals surface area contributed by atoms with Gasteiger partial charge in [0.25, 0.3) is 0 Å². The van der Waals surface area contributed by atoms with Gasteiger partial charge in [-0.1, -0.05) is 29.3 Å². The maximum Gasteiger partial charge on any atom is 0.165 e. The summed E-state index contributed by atoms with van der Waals surface area (Å²) >= 11 is 13.8. The molecule has 1 atom stereocenters. The van der Waals surface area contributed by atoms with Crippen LogP contribution in [0.5, 0.6) is 0 Å². The topological polar surface area (TPSA) is 20.3 Å². The molecule has 0 fully saturated rings. The van der Waals surface area contributed by atoms with E-state index in [4.69, 9.17) is 23.2 Å². The molecule has 0 aliphatic rings. The standard InChI is InChI=1S/C15H21Cl2NOS/c1-11(8-10-20-3)18(2)9-7-14(19)12-5-4-6-13(16)15(12)17/h4-6,11H,7-10H2,1-3H3. The third-order valence-corrected chi connectivity index (χ3v) is 4.90. The van der Waals surface area contributed by atoms with Gasteiger partial charge in [-0.25, -0.2) is 0 Å². The molecule has 0 radical (unpaired) electrons. The molecule has 0 N–H and O–H groups in total. The highest BCUT2D eigenvalue weighted by Crippen LogP contribution is 2.26. The first-order chi connectivity index (χ1) is 9.47. The fraction of sp³-hybridized carbons (Fsp3) is 0.533. The van der Waals surface area contributed by atoms with Gasteiger partial charge in [-0.05, 0) is 44.5 Å². The first kappa shape index (κ1) is 17.8. The molecule has 0 amide bonds. The van der Waals surface area contributed by atoms with Crippen molar-refractivity contribution in [1.29, 1.82) is 0 Å². The molecule has 0 saturated carbocycles. The molecular formula is C15H21Cl2NOS. The van der Waals surface area contributed by atoms with Gasteiger partial charge in [0.1, 0.15) is 0 Å². The van der Waals surface area contributed by atoms with Gasteiger partial charge in [-0.2, -0.15) is 11.8 Å². The third-order valence-electron chi connectivity index (χ3n) is 3.44. The Bertz CT molecular complexity index is 453. The molecule has 1 aromatic carbocycles. The Morgan fingerprint density at radius 1 is 1.40 bits per heavy atom. The number of hydrogen-bond acceptors (Lipinski definition) is 3. The van der Waals surface area contributed by atoms with Crippen molar-refractivity contribution in [3.8, 4) is 0 Å². The number of rotatable bonds is 8. The van der Waals surface area contributed by atoms with Crippen molar-refractivity contribution in [3.05, 3.63) is 33.8 Å².